The highest BCUT2D eigenvalue weighted by Gasteiger charge is 2.18. The first-order valence-corrected chi connectivity index (χ1v) is 6.68. The average molecular weight is 273 g/mol. The van der Waals surface area contributed by atoms with Crippen molar-refractivity contribution in [3.8, 4) is 5.75 Å². The highest BCUT2D eigenvalue weighted by molar-refractivity contribution is 5.99. The summed E-state index contributed by atoms with van der Waals surface area (Å²) in [6.07, 6.45) is 2.50. The van der Waals surface area contributed by atoms with Crippen molar-refractivity contribution in [2.24, 2.45) is 0 Å². The third-order valence-corrected chi connectivity index (χ3v) is 2.95. The number of para-hydroxylation sites is 1. The van der Waals surface area contributed by atoms with E-state index < -0.39 is 0 Å². The lowest BCUT2D eigenvalue weighted by Crippen LogP contribution is -2.19. The van der Waals surface area contributed by atoms with Crippen LogP contribution in [0.5, 0.6) is 5.75 Å². The van der Waals surface area contributed by atoms with Gasteiger partial charge in [-0.3, -0.25) is 9.48 Å². The van der Waals surface area contributed by atoms with Crippen LogP contribution in [0.4, 0.5) is 5.69 Å². The molecule has 0 unspecified atom stereocenters. The van der Waals surface area contributed by atoms with Crippen molar-refractivity contribution >= 4 is 11.5 Å². The van der Waals surface area contributed by atoms with Gasteiger partial charge in [0.1, 0.15) is 5.69 Å². The van der Waals surface area contributed by atoms with Crippen LogP contribution in [0, 0.1) is 0 Å². The van der Waals surface area contributed by atoms with E-state index in [2.05, 4.69) is 10.4 Å². The van der Waals surface area contributed by atoms with Gasteiger partial charge in [-0.15, -0.1) is 0 Å². The van der Waals surface area contributed by atoms with E-state index in [0.717, 1.165) is 12.1 Å². The monoisotopic (exact) mass is 273 g/mol. The zero-order chi connectivity index (χ0) is 14.4. The number of hydrogen-bond donors (Lipinski definition) is 1. The first-order chi connectivity index (χ1) is 9.76. The summed E-state index contributed by atoms with van der Waals surface area (Å²) in [5, 5.41) is 7.30. The van der Waals surface area contributed by atoms with E-state index in [1.54, 1.807) is 18.0 Å². The van der Waals surface area contributed by atoms with E-state index in [1.165, 1.54) is 0 Å². The number of anilines is 1. The van der Waals surface area contributed by atoms with Crippen molar-refractivity contribution in [1.82, 2.24) is 9.78 Å². The Kier molecular flexibility index (Phi) is 4.76. The summed E-state index contributed by atoms with van der Waals surface area (Å²) in [4.78, 5) is 12.4. The van der Waals surface area contributed by atoms with Crippen LogP contribution in [0.15, 0.2) is 36.5 Å². The molecular formula is C15H19N3O2. The van der Waals surface area contributed by atoms with Gasteiger partial charge >= 0.3 is 0 Å². The summed E-state index contributed by atoms with van der Waals surface area (Å²) in [5.74, 6) is 0.495. The van der Waals surface area contributed by atoms with Crippen LogP contribution < -0.4 is 10.1 Å². The lowest BCUT2D eigenvalue weighted by molar-refractivity contribution is 0.0992. The summed E-state index contributed by atoms with van der Waals surface area (Å²) in [5.41, 5.74) is 1.44. The first-order valence-electron chi connectivity index (χ1n) is 6.68. The molecule has 0 bridgehead atoms. The lowest BCUT2D eigenvalue weighted by Gasteiger charge is -2.09. The van der Waals surface area contributed by atoms with Crippen molar-refractivity contribution in [3.05, 3.63) is 42.2 Å². The summed E-state index contributed by atoms with van der Waals surface area (Å²) in [7, 11) is 1.55. The molecule has 0 aliphatic heterocycles. The minimum atomic E-state index is -0.0309. The van der Waals surface area contributed by atoms with Crippen molar-refractivity contribution in [1.29, 1.82) is 0 Å². The predicted molar refractivity (Wildman–Crippen MR) is 78.3 cm³/mol. The molecule has 0 spiro atoms. The number of aryl methyl sites for hydroxylation is 1. The van der Waals surface area contributed by atoms with E-state index >= 15 is 0 Å². The number of Topliss-reactive ketones (excluding diaryl/α,β-unsaturated/α-hetero) is 1. The predicted octanol–water partition coefficient (Wildman–Crippen LogP) is 2.60. The van der Waals surface area contributed by atoms with Gasteiger partial charge in [0.05, 0.1) is 19.9 Å². The lowest BCUT2D eigenvalue weighted by atomic mass is 10.2. The standard InChI is InChI=1S/C15H19N3O2/c1-3-9-18-15(14(20-2)11-17-18)13(19)10-16-12-7-5-4-6-8-12/h4-8,11,16H,3,9-10H2,1-2H3. The molecule has 0 fully saturated rings. The van der Waals surface area contributed by atoms with Crippen molar-refractivity contribution in [3.63, 3.8) is 0 Å². The Morgan fingerprint density at radius 1 is 1.35 bits per heavy atom. The second-order valence-electron chi connectivity index (χ2n) is 4.43. The fourth-order valence-electron chi connectivity index (χ4n) is 2.00. The molecule has 5 nitrogen and oxygen atoms in total. The molecule has 2 rings (SSSR count). The number of methoxy groups -OCH3 is 1. The van der Waals surface area contributed by atoms with E-state index in [4.69, 9.17) is 4.74 Å². The minimum Gasteiger partial charge on any atom is -0.493 e. The molecule has 0 saturated heterocycles. The van der Waals surface area contributed by atoms with Crippen LogP contribution in [0.25, 0.3) is 0 Å². The topological polar surface area (TPSA) is 56.2 Å². The Morgan fingerprint density at radius 3 is 2.75 bits per heavy atom. The number of aromatic nitrogens is 2. The zero-order valence-corrected chi connectivity index (χ0v) is 11.8. The maximum absolute atomic E-state index is 12.4. The Morgan fingerprint density at radius 2 is 2.10 bits per heavy atom. The first kappa shape index (κ1) is 14.1. The van der Waals surface area contributed by atoms with Crippen LogP contribution in [0.1, 0.15) is 23.8 Å². The SMILES string of the molecule is CCCn1ncc(OC)c1C(=O)CNc1ccccc1. The second kappa shape index (κ2) is 6.75. The highest BCUT2D eigenvalue weighted by Crippen LogP contribution is 2.18. The minimum absolute atomic E-state index is 0.0309. The fraction of sp³-hybridized carbons (Fsp3) is 0.333. The number of carbonyl (C=O) groups excluding carboxylic acids is 1. The molecule has 1 N–H and O–H groups in total. The Labute approximate surface area is 118 Å². The molecule has 0 aliphatic carbocycles. The smallest absolute Gasteiger partial charge is 0.203 e. The van der Waals surface area contributed by atoms with Gasteiger partial charge in [-0.05, 0) is 18.6 Å². The Balaban J connectivity index is 2.10. The number of nitrogens with one attached hydrogen (secondary N) is 1. The number of nitrogens with zero attached hydrogens (tertiary/aromatic N) is 2. The Hall–Kier alpha value is -2.30. The number of rotatable bonds is 7. The third kappa shape index (κ3) is 3.17. The number of carbonyl (C=O) groups is 1. The zero-order valence-electron chi connectivity index (χ0n) is 11.8. The molecule has 0 aliphatic rings. The van der Waals surface area contributed by atoms with Crippen LogP contribution in [0.2, 0.25) is 0 Å². The van der Waals surface area contributed by atoms with Gasteiger partial charge in [-0.25, -0.2) is 0 Å². The molecule has 1 aromatic carbocycles. The summed E-state index contributed by atoms with van der Waals surface area (Å²) in [6.45, 7) is 2.97. The van der Waals surface area contributed by atoms with Crippen molar-refractivity contribution in [2.45, 2.75) is 19.9 Å². The summed E-state index contributed by atoms with van der Waals surface area (Å²) >= 11 is 0. The average Bonchev–Trinajstić information content (AvgIpc) is 2.89. The second-order valence-corrected chi connectivity index (χ2v) is 4.43. The van der Waals surface area contributed by atoms with E-state index in [9.17, 15) is 4.79 Å². The van der Waals surface area contributed by atoms with Crippen LogP contribution in [-0.2, 0) is 6.54 Å². The Bertz CT molecular complexity index is 564. The normalized spacial score (nSPS) is 10.3. The van der Waals surface area contributed by atoms with Crippen molar-refractivity contribution < 1.29 is 9.53 Å². The summed E-state index contributed by atoms with van der Waals surface area (Å²) in [6, 6.07) is 9.64. The molecule has 5 heteroatoms. The number of hydrogen-bond acceptors (Lipinski definition) is 4. The molecule has 1 heterocycles. The molecular weight excluding hydrogens is 254 g/mol. The maximum atomic E-state index is 12.4. The molecule has 0 amide bonds. The van der Waals surface area contributed by atoms with Gasteiger partial charge in [0, 0.05) is 12.2 Å². The molecule has 20 heavy (non-hydrogen) atoms. The molecule has 0 radical (unpaired) electrons. The largest absolute Gasteiger partial charge is 0.493 e. The summed E-state index contributed by atoms with van der Waals surface area (Å²) < 4.78 is 6.92. The van der Waals surface area contributed by atoms with Gasteiger partial charge < -0.3 is 10.1 Å². The maximum Gasteiger partial charge on any atom is 0.203 e. The third-order valence-electron chi connectivity index (χ3n) is 2.95. The van der Waals surface area contributed by atoms with Crippen LogP contribution in [-0.4, -0.2) is 29.2 Å². The molecule has 0 saturated carbocycles. The molecule has 1 aromatic heterocycles. The quantitative estimate of drug-likeness (QED) is 0.788. The van der Waals surface area contributed by atoms with Crippen LogP contribution >= 0.6 is 0 Å². The van der Waals surface area contributed by atoms with Gasteiger partial charge in [-0.2, -0.15) is 5.10 Å². The highest BCUT2D eigenvalue weighted by atomic mass is 16.5. The molecule has 0 atom stereocenters. The number of benzene rings is 1. The van der Waals surface area contributed by atoms with E-state index in [0.29, 0.717) is 18.0 Å². The molecule has 2 aromatic rings. The van der Waals surface area contributed by atoms with Crippen LogP contribution in [0.3, 0.4) is 0 Å². The van der Waals surface area contributed by atoms with E-state index in [1.807, 2.05) is 37.3 Å². The van der Waals surface area contributed by atoms with Crippen molar-refractivity contribution in [2.75, 3.05) is 19.0 Å². The van der Waals surface area contributed by atoms with Gasteiger partial charge in [0.2, 0.25) is 5.78 Å². The number of ether oxygens (including phenoxy) is 1. The van der Waals surface area contributed by atoms with E-state index in [-0.39, 0.29) is 12.3 Å². The fourth-order valence-corrected chi connectivity index (χ4v) is 2.00. The molecule has 106 valence electrons. The van der Waals surface area contributed by atoms with Gasteiger partial charge in [0.15, 0.2) is 5.75 Å². The number of ketones is 1. The van der Waals surface area contributed by atoms with Gasteiger partial charge in [0.25, 0.3) is 0 Å². The van der Waals surface area contributed by atoms with Gasteiger partial charge in [-0.1, -0.05) is 25.1 Å².